The molecule has 3 heterocycles. The maximum absolute atomic E-state index is 12.6. The smallest absolute Gasteiger partial charge is 0.476 e. The molecule has 2 aromatic rings. The van der Waals surface area contributed by atoms with E-state index < -0.39 is 90.5 Å². The van der Waals surface area contributed by atoms with Gasteiger partial charge in [0.2, 0.25) is 18.1 Å². The average Bonchev–Trinajstić information content (AvgIpc) is 3.64. The molecule has 0 aromatic carbocycles. The zero-order valence-electron chi connectivity index (χ0n) is 29.4. The van der Waals surface area contributed by atoms with Gasteiger partial charge in [0.15, 0.2) is 22.8 Å². The van der Waals surface area contributed by atoms with E-state index in [9.17, 15) is 57.9 Å². The van der Waals surface area contributed by atoms with Crippen molar-refractivity contribution in [1.82, 2.24) is 30.2 Å². The van der Waals surface area contributed by atoms with E-state index >= 15 is 0 Å². The molecule has 1 aliphatic heterocycles. The fraction of sp³-hybridized carbons (Fsp3) is 0.600. The number of aliphatic carboxylic acids is 1. The van der Waals surface area contributed by atoms with Crippen LogP contribution in [0.5, 0.6) is 0 Å². The Bertz CT molecular complexity index is 1860. The molecule has 3 rings (SSSR count). The first-order valence-corrected chi connectivity index (χ1v) is 21.0. The number of imidazole rings is 1. The predicted octanol–water partition coefficient (Wildman–Crippen LogP) is -2.05. The van der Waals surface area contributed by atoms with Crippen LogP contribution >= 0.6 is 35.2 Å². The summed E-state index contributed by atoms with van der Waals surface area (Å²) < 4.78 is 61.8. The van der Waals surface area contributed by atoms with Crippen molar-refractivity contribution in [2.45, 2.75) is 57.8 Å². The summed E-state index contributed by atoms with van der Waals surface area (Å²) in [6, 6.07) is 0. The lowest BCUT2D eigenvalue weighted by Gasteiger charge is -2.30. The summed E-state index contributed by atoms with van der Waals surface area (Å²) in [5, 5.41) is 33.4. The maximum Gasteiger partial charge on any atom is 0.481 e. The molecule has 56 heavy (non-hydrogen) atoms. The van der Waals surface area contributed by atoms with Crippen LogP contribution in [-0.2, 0) is 60.3 Å². The standard InChI is InChI=1S/C23H38N7O17P3S.C2H2O3/c1-12(31)51-7-6-25-14(32)4-5-26-21(35)18(34)23(2,3)9-44-50(41,42)47-49(39,40)43-8-13-17(46-48(36,37)38)16(33)22(45-13)30-11-29-15-19(24)27-10-28-20(15)30;3-1-2(4)5/h10-11,13,16-18,22,33-34H,4-9H2,1-3H3,(H,25,32)(H,26,35)(H,39,40)(H,41,42)(H2,24,27,28)(H2,36,37,38);1H,(H,4,5)/t13-,16-,17-,18+,22-;/m1./s1. The maximum atomic E-state index is 12.6. The summed E-state index contributed by atoms with van der Waals surface area (Å²) in [6.07, 6.45) is -7.05. The van der Waals surface area contributed by atoms with Gasteiger partial charge in [0.1, 0.15) is 36.3 Å². The van der Waals surface area contributed by atoms with E-state index in [1.807, 2.05) is 0 Å². The summed E-state index contributed by atoms with van der Waals surface area (Å²) in [5.41, 5.74) is 4.26. The van der Waals surface area contributed by atoms with E-state index in [-0.39, 0.29) is 47.9 Å². The Hall–Kier alpha value is -3.30. The molecule has 1 saturated heterocycles. The third-order valence-corrected chi connectivity index (χ3v) is 10.8. The molecule has 2 unspecified atom stereocenters. The number of nitrogens with one attached hydrogen (secondary N) is 2. The van der Waals surface area contributed by atoms with Crippen LogP contribution in [0.1, 0.15) is 33.4 Å². The molecule has 0 bridgehead atoms. The van der Waals surface area contributed by atoms with Gasteiger partial charge in [0.25, 0.3) is 0 Å². The number of hydrogen-bond donors (Lipinski definition) is 10. The van der Waals surface area contributed by atoms with Gasteiger partial charge in [-0.15, -0.1) is 0 Å². The predicted molar refractivity (Wildman–Crippen MR) is 186 cm³/mol. The van der Waals surface area contributed by atoms with Crippen molar-refractivity contribution in [3.05, 3.63) is 12.7 Å². The first kappa shape index (κ1) is 48.8. The topological polar surface area (TPSA) is 418 Å². The van der Waals surface area contributed by atoms with Crippen molar-refractivity contribution in [2.24, 2.45) is 5.41 Å². The number of anilines is 1. The number of carbonyl (C=O) groups is 5. The second-order valence-electron chi connectivity index (χ2n) is 11.9. The number of phosphoric acid groups is 3. The van der Waals surface area contributed by atoms with Gasteiger partial charge in [-0.2, -0.15) is 4.31 Å². The number of ether oxygens (including phenoxy) is 1. The highest BCUT2D eigenvalue weighted by molar-refractivity contribution is 8.13. The van der Waals surface area contributed by atoms with Crippen molar-refractivity contribution in [3.8, 4) is 0 Å². The summed E-state index contributed by atoms with van der Waals surface area (Å²) in [4.78, 5) is 104. The average molecular weight is 884 g/mol. The Morgan fingerprint density at radius 3 is 2.29 bits per heavy atom. The van der Waals surface area contributed by atoms with Crippen molar-refractivity contribution in [2.75, 3.05) is 37.8 Å². The van der Waals surface area contributed by atoms with E-state index in [4.69, 9.17) is 34.2 Å². The van der Waals surface area contributed by atoms with Gasteiger partial charge >= 0.3 is 29.4 Å². The lowest BCUT2D eigenvalue weighted by atomic mass is 9.87. The van der Waals surface area contributed by atoms with Crippen LogP contribution in [-0.4, -0.2) is 140 Å². The number of hydrogen-bond acceptors (Lipinski definition) is 20. The van der Waals surface area contributed by atoms with Gasteiger partial charge in [-0.3, -0.25) is 37.3 Å². The van der Waals surface area contributed by atoms with Gasteiger partial charge < -0.3 is 56.0 Å². The molecule has 0 radical (unpaired) electrons. The third kappa shape index (κ3) is 15.9. The van der Waals surface area contributed by atoms with Crippen LogP contribution in [0.2, 0.25) is 0 Å². The third-order valence-electron chi connectivity index (χ3n) is 6.91. The van der Waals surface area contributed by atoms with Crippen LogP contribution in [0, 0.1) is 5.41 Å². The Labute approximate surface area is 320 Å². The number of nitrogen functional groups attached to an aromatic ring is 1. The highest BCUT2D eigenvalue weighted by Crippen LogP contribution is 2.61. The summed E-state index contributed by atoms with van der Waals surface area (Å²) >= 11 is 1.03. The molecule has 7 atom stereocenters. The molecule has 0 saturated carbocycles. The largest absolute Gasteiger partial charge is 0.481 e. The van der Waals surface area contributed by atoms with Crippen molar-refractivity contribution < 1.29 is 95.2 Å². The molecule has 11 N–H and O–H groups in total. The van der Waals surface area contributed by atoms with Crippen LogP contribution in [0.3, 0.4) is 0 Å². The number of aliphatic hydroxyl groups excluding tert-OH is 2. The highest BCUT2D eigenvalue weighted by Gasteiger charge is 2.50. The fourth-order valence-corrected chi connectivity index (χ4v) is 7.65. The zero-order valence-corrected chi connectivity index (χ0v) is 32.9. The highest BCUT2D eigenvalue weighted by atomic mass is 32.2. The normalized spacial score (nSPS) is 21.2. The fourth-order valence-electron chi connectivity index (χ4n) is 4.32. The monoisotopic (exact) mass is 883 g/mol. The van der Waals surface area contributed by atoms with Crippen molar-refractivity contribution in [3.63, 3.8) is 0 Å². The van der Waals surface area contributed by atoms with Crippen LogP contribution in [0.4, 0.5) is 5.82 Å². The van der Waals surface area contributed by atoms with Gasteiger partial charge in [0, 0.05) is 37.6 Å². The Morgan fingerprint density at radius 1 is 1.07 bits per heavy atom. The molecule has 31 heteroatoms. The number of rotatable bonds is 20. The summed E-state index contributed by atoms with van der Waals surface area (Å²) in [6.45, 7) is 1.90. The number of phosphoric ester groups is 3. The van der Waals surface area contributed by atoms with Crippen molar-refractivity contribution >= 4 is 81.4 Å². The van der Waals surface area contributed by atoms with Gasteiger partial charge in [-0.05, 0) is 0 Å². The lowest BCUT2D eigenvalue weighted by Crippen LogP contribution is -2.46. The minimum Gasteiger partial charge on any atom is -0.476 e. The number of carboxylic acid groups (broad SMARTS) is 1. The zero-order chi connectivity index (χ0) is 42.6. The number of aldehydes is 1. The molecule has 1 aliphatic rings. The number of amides is 2. The molecular weight excluding hydrogens is 843 g/mol. The molecule has 1 fully saturated rings. The van der Waals surface area contributed by atoms with E-state index in [0.717, 1.165) is 29.0 Å². The molecule has 0 spiro atoms. The number of aromatic nitrogens is 4. The van der Waals surface area contributed by atoms with E-state index in [1.165, 1.54) is 20.8 Å². The Balaban J connectivity index is 0.00000203. The number of aliphatic hydroxyl groups is 2. The second-order valence-corrected chi connectivity index (χ2v) is 17.4. The first-order valence-electron chi connectivity index (χ1n) is 15.5. The molecule has 0 aliphatic carbocycles. The van der Waals surface area contributed by atoms with Crippen LogP contribution < -0.4 is 16.4 Å². The van der Waals surface area contributed by atoms with Gasteiger partial charge in [0.05, 0.1) is 19.5 Å². The Kier molecular flexibility index (Phi) is 18.2. The quantitative estimate of drug-likeness (QED) is 0.0296. The molecule has 316 valence electrons. The SMILES string of the molecule is CC(=O)SCCNC(=O)CCNC(=O)[C@H](O)C(C)(C)COP(=O)(O)OP(=O)(O)OC[C@H]1O[C@@H](n2cnc3c(N)ncnc32)[C@H](O)[C@@H]1OP(=O)(O)O.O=CC(=O)O. The van der Waals surface area contributed by atoms with Crippen LogP contribution in [0.25, 0.3) is 11.2 Å². The van der Waals surface area contributed by atoms with E-state index in [0.29, 0.717) is 5.75 Å². The second kappa shape index (κ2) is 20.9. The number of nitrogens with two attached hydrogens (primary N) is 1. The Morgan fingerprint density at radius 2 is 1.70 bits per heavy atom. The minimum absolute atomic E-state index is 0.0310. The van der Waals surface area contributed by atoms with Crippen LogP contribution in [0.15, 0.2) is 12.7 Å². The number of carbonyl (C=O) groups excluding carboxylic acids is 4. The summed E-state index contributed by atoms with van der Waals surface area (Å²) in [5.74, 6) is -2.51. The minimum atomic E-state index is -5.56. The van der Waals surface area contributed by atoms with E-state index in [2.05, 4.69) is 34.4 Å². The number of thioether (sulfide) groups is 1. The molecule has 2 amide bonds. The molecule has 2 aromatic heterocycles. The number of carboxylic acids is 1. The van der Waals surface area contributed by atoms with Crippen molar-refractivity contribution in [1.29, 1.82) is 0 Å². The lowest BCUT2D eigenvalue weighted by molar-refractivity contribution is -0.143. The summed E-state index contributed by atoms with van der Waals surface area (Å²) in [7, 11) is -16.4. The number of nitrogens with zero attached hydrogens (tertiary/aromatic N) is 4. The van der Waals surface area contributed by atoms with Gasteiger partial charge in [-0.25, -0.2) is 33.4 Å². The molecular formula is C25H40N7O20P3S. The number of fused-ring (bicyclic) bond motifs is 1. The molecule has 27 nitrogen and oxygen atoms in total. The van der Waals surface area contributed by atoms with Gasteiger partial charge in [-0.1, -0.05) is 25.6 Å². The van der Waals surface area contributed by atoms with E-state index in [1.54, 1.807) is 0 Å². The first-order chi connectivity index (χ1) is 25.8.